The Balaban J connectivity index is 2.48. The average molecular weight is 342 g/mol. The highest BCUT2D eigenvalue weighted by atomic mass is 31.2. The van der Waals surface area contributed by atoms with Gasteiger partial charge in [-0.05, 0) is 29.0 Å². The van der Waals surface area contributed by atoms with Crippen LogP contribution < -0.4 is 0 Å². The predicted octanol–water partition coefficient (Wildman–Crippen LogP) is 3.41. The summed E-state index contributed by atoms with van der Waals surface area (Å²) < 4.78 is 43.3. The van der Waals surface area contributed by atoms with E-state index in [4.69, 9.17) is 14.5 Å². The summed E-state index contributed by atoms with van der Waals surface area (Å²) >= 11 is 0. The lowest BCUT2D eigenvalue weighted by molar-refractivity contribution is 0.0550. The zero-order chi connectivity index (χ0) is 17.3. The molecule has 0 saturated heterocycles. The number of rotatable bonds is 5. The van der Waals surface area contributed by atoms with Gasteiger partial charge in [0, 0.05) is 5.56 Å². The van der Waals surface area contributed by atoms with Gasteiger partial charge in [-0.1, -0.05) is 30.9 Å². The molecule has 0 amide bonds. The van der Waals surface area contributed by atoms with Crippen LogP contribution in [-0.2, 0) is 15.0 Å². The minimum atomic E-state index is -5.65. The number of esters is 1. The van der Waals surface area contributed by atoms with Gasteiger partial charge in [0.2, 0.25) is 0 Å². The van der Waals surface area contributed by atoms with Gasteiger partial charge < -0.3 is 14.5 Å². The Bertz CT molecular complexity index is 813. The molecular weight excluding hydrogens is 329 g/mol. The molecule has 0 heterocycles. The second-order valence-electron chi connectivity index (χ2n) is 4.75. The molecule has 0 aliphatic carbocycles. The second-order valence-corrected chi connectivity index (χ2v) is 6.40. The molecule has 0 atom stereocenters. The van der Waals surface area contributed by atoms with Crippen molar-refractivity contribution in [2.75, 3.05) is 6.61 Å². The number of benzene rings is 2. The van der Waals surface area contributed by atoms with Crippen molar-refractivity contribution in [3.8, 4) is 0 Å². The number of alkyl halides is 2. The normalized spacial score (nSPS) is 12.2. The molecule has 0 radical (unpaired) electrons. The minimum Gasteiger partial charge on any atom is -0.458 e. The Kier molecular flexibility index (Phi) is 4.66. The van der Waals surface area contributed by atoms with E-state index in [9.17, 15) is 18.1 Å². The Labute approximate surface area is 130 Å². The molecule has 0 fully saturated rings. The fourth-order valence-corrected chi connectivity index (χ4v) is 2.42. The van der Waals surface area contributed by atoms with Crippen LogP contribution in [0.1, 0.15) is 15.9 Å². The topological polar surface area (TPSA) is 83.8 Å². The van der Waals surface area contributed by atoms with Crippen LogP contribution in [0.15, 0.2) is 49.1 Å². The van der Waals surface area contributed by atoms with Crippen LogP contribution >= 0.6 is 7.60 Å². The summed E-state index contributed by atoms with van der Waals surface area (Å²) in [5.74, 6) is -0.654. The van der Waals surface area contributed by atoms with Crippen molar-refractivity contribution >= 4 is 24.3 Å². The molecule has 0 bridgehead atoms. The molecule has 2 rings (SSSR count). The molecule has 2 aromatic rings. The van der Waals surface area contributed by atoms with Gasteiger partial charge in [0.1, 0.15) is 6.61 Å². The van der Waals surface area contributed by atoms with E-state index in [0.717, 1.165) is 12.1 Å². The van der Waals surface area contributed by atoms with Gasteiger partial charge in [-0.2, -0.15) is 8.78 Å². The molecule has 0 aromatic heterocycles. The molecule has 2 aromatic carbocycles. The number of ether oxygens (including phenoxy) is 1. The smallest absolute Gasteiger partial charge is 0.399 e. The van der Waals surface area contributed by atoms with E-state index >= 15 is 0 Å². The highest BCUT2D eigenvalue weighted by Gasteiger charge is 2.50. The van der Waals surface area contributed by atoms with Crippen LogP contribution in [-0.4, -0.2) is 22.4 Å². The number of hydrogen-bond acceptors (Lipinski definition) is 3. The number of carbonyl (C=O) groups excluding carboxylic acids is 1. The Morgan fingerprint density at radius 1 is 1.22 bits per heavy atom. The largest absolute Gasteiger partial charge is 0.458 e. The monoisotopic (exact) mass is 342 g/mol. The van der Waals surface area contributed by atoms with E-state index in [0.29, 0.717) is 5.39 Å². The molecule has 2 N–H and O–H groups in total. The molecule has 0 saturated carbocycles. The first kappa shape index (κ1) is 17.3. The number of carbonyl (C=O) groups is 1. The molecule has 0 aliphatic heterocycles. The van der Waals surface area contributed by atoms with Gasteiger partial charge in [0.25, 0.3) is 0 Å². The van der Waals surface area contributed by atoms with Crippen LogP contribution in [0.25, 0.3) is 10.8 Å². The number of hydrogen-bond donors (Lipinski definition) is 2. The maximum atomic E-state index is 13.8. The Morgan fingerprint density at radius 2 is 1.87 bits per heavy atom. The summed E-state index contributed by atoms with van der Waals surface area (Å²) in [5.41, 5.74) is -4.99. The third-order valence-electron chi connectivity index (χ3n) is 3.12. The van der Waals surface area contributed by atoms with Gasteiger partial charge in [-0.15, -0.1) is 0 Å². The van der Waals surface area contributed by atoms with Crippen molar-refractivity contribution in [3.63, 3.8) is 0 Å². The molecular formula is C15H13F2O5P. The maximum Gasteiger partial charge on any atom is 0.399 e. The van der Waals surface area contributed by atoms with E-state index in [1.807, 2.05) is 0 Å². The lowest BCUT2D eigenvalue weighted by Crippen LogP contribution is -2.13. The van der Waals surface area contributed by atoms with Crippen LogP contribution in [0.2, 0.25) is 0 Å². The Hall–Kier alpha value is -2.08. The fourth-order valence-electron chi connectivity index (χ4n) is 1.95. The molecule has 0 unspecified atom stereocenters. The third kappa shape index (κ3) is 3.47. The van der Waals surface area contributed by atoms with Crippen molar-refractivity contribution < 1.29 is 32.7 Å². The number of halogens is 2. The van der Waals surface area contributed by atoms with Crippen molar-refractivity contribution in [1.82, 2.24) is 0 Å². The summed E-state index contributed by atoms with van der Waals surface area (Å²) in [4.78, 5) is 29.3. The van der Waals surface area contributed by atoms with Crippen molar-refractivity contribution in [2.45, 2.75) is 5.66 Å². The van der Waals surface area contributed by atoms with Crippen LogP contribution in [0, 0.1) is 0 Å². The summed E-state index contributed by atoms with van der Waals surface area (Å²) in [6.45, 7) is 3.41. The van der Waals surface area contributed by atoms with E-state index in [1.54, 1.807) is 0 Å². The van der Waals surface area contributed by atoms with Gasteiger partial charge in [-0.3, -0.25) is 4.57 Å². The molecule has 122 valence electrons. The quantitative estimate of drug-likeness (QED) is 0.494. The van der Waals surface area contributed by atoms with Crippen molar-refractivity contribution in [3.05, 3.63) is 60.2 Å². The van der Waals surface area contributed by atoms with Crippen LogP contribution in [0.4, 0.5) is 8.78 Å². The fraction of sp³-hybridized carbons (Fsp3) is 0.133. The van der Waals surface area contributed by atoms with Crippen molar-refractivity contribution in [1.29, 1.82) is 0 Å². The SMILES string of the molecule is C=CCOC(=O)c1ccc2ccc(C(F)(F)P(=O)(O)O)cc2c1. The standard InChI is InChI=1S/C15H13F2O5P/c1-2-7-22-14(18)11-4-3-10-5-6-13(9-12(10)8-11)15(16,17)23(19,20)21/h2-6,8-9H,1,7H2,(H2,19,20,21). The lowest BCUT2D eigenvalue weighted by Gasteiger charge is -2.18. The molecule has 5 nitrogen and oxygen atoms in total. The Morgan fingerprint density at radius 3 is 2.48 bits per heavy atom. The minimum absolute atomic E-state index is 0.00713. The molecule has 8 heteroatoms. The molecule has 23 heavy (non-hydrogen) atoms. The maximum absolute atomic E-state index is 13.8. The first-order valence-electron chi connectivity index (χ1n) is 6.42. The van der Waals surface area contributed by atoms with Crippen LogP contribution in [0.3, 0.4) is 0 Å². The van der Waals surface area contributed by atoms with Crippen molar-refractivity contribution in [2.24, 2.45) is 0 Å². The lowest BCUT2D eigenvalue weighted by atomic mass is 10.0. The zero-order valence-corrected chi connectivity index (χ0v) is 12.7. The van der Waals surface area contributed by atoms with E-state index in [2.05, 4.69) is 6.58 Å². The number of fused-ring (bicyclic) bond motifs is 1. The summed E-state index contributed by atoms with van der Waals surface area (Å²) in [6, 6.07) is 7.50. The van der Waals surface area contributed by atoms with Gasteiger partial charge >= 0.3 is 19.2 Å². The highest BCUT2D eigenvalue weighted by molar-refractivity contribution is 7.52. The first-order chi connectivity index (χ1) is 10.7. The summed E-state index contributed by atoms with van der Waals surface area (Å²) in [7, 11) is -5.65. The third-order valence-corrected chi connectivity index (χ3v) is 4.11. The van der Waals surface area contributed by atoms with Gasteiger partial charge in [-0.25, -0.2) is 4.79 Å². The van der Waals surface area contributed by atoms with Gasteiger partial charge in [0.15, 0.2) is 0 Å². The van der Waals surface area contributed by atoms with E-state index in [1.165, 1.54) is 30.3 Å². The molecule has 0 aliphatic rings. The van der Waals surface area contributed by atoms with E-state index < -0.39 is 24.8 Å². The highest BCUT2D eigenvalue weighted by Crippen LogP contribution is 2.59. The second kappa shape index (κ2) is 6.20. The average Bonchev–Trinajstić information content (AvgIpc) is 2.50. The summed E-state index contributed by atoms with van der Waals surface area (Å²) in [6.07, 6.45) is 1.39. The predicted molar refractivity (Wildman–Crippen MR) is 80.4 cm³/mol. The van der Waals surface area contributed by atoms with Crippen LogP contribution in [0.5, 0.6) is 0 Å². The first-order valence-corrected chi connectivity index (χ1v) is 8.04. The summed E-state index contributed by atoms with van der Waals surface area (Å²) in [5, 5.41) is 0.777. The van der Waals surface area contributed by atoms with Gasteiger partial charge in [0.05, 0.1) is 5.56 Å². The zero-order valence-electron chi connectivity index (χ0n) is 11.8. The van der Waals surface area contributed by atoms with E-state index in [-0.39, 0.29) is 17.6 Å². The molecule has 0 spiro atoms.